The van der Waals surface area contributed by atoms with E-state index in [-0.39, 0.29) is 41.7 Å². The molecule has 2 aromatic heterocycles. The first kappa shape index (κ1) is 27.1. The fourth-order valence-electron chi connectivity index (χ4n) is 2.18. The SMILES string of the molecule is CC(C)(C)c1ccnc(-c2cc(C(C)(C)C)ccn2)c1.N#C/C([S-])=C(/[S-])C#N.[Pt+2]. The number of nitrogens with zero attached hydrogens (tertiary/aromatic N) is 4. The second kappa shape index (κ2) is 11.4. The van der Waals surface area contributed by atoms with Crippen LogP contribution in [-0.4, -0.2) is 9.97 Å². The predicted octanol–water partition coefficient (Wildman–Crippen LogP) is 5.08. The maximum absolute atomic E-state index is 8.01. The van der Waals surface area contributed by atoms with E-state index in [0.717, 1.165) is 11.4 Å². The summed E-state index contributed by atoms with van der Waals surface area (Å²) in [6, 6.07) is 11.6. The molecule has 0 N–H and O–H groups in total. The quantitative estimate of drug-likeness (QED) is 0.335. The molecule has 0 spiro atoms. The van der Waals surface area contributed by atoms with Crippen LogP contribution >= 0.6 is 0 Å². The molecule has 154 valence electrons. The Hall–Kier alpha value is -1.85. The van der Waals surface area contributed by atoms with Crippen LogP contribution in [0.1, 0.15) is 52.7 Å². The van der Waals surface area contributed by atoms with Gasteiger partial charge in [0.1, 0.15) is 0 Å². The Morgan fingerprint density at radius 2 is 1.07 bits per heavy atom. The molecule has 2 rings (SSSR count). The van der Waals surface area contributed by atoms with E-state index in [2.05, 4.69) is 101 Å². The Kier molecular flexibility index (Phi) is 10.6. The van der Waals surface area contributed by atoms with Crippen LogP contribution in [0.15, 0.2) is 46.5 Å². The summed E-state index contributed by atoms with van der Waals surface area (Å²) in [6.07, 6.45) is 3.75. The number of hydrogen-bond donors (Lipinski definition) is 0. The Morgan fingerprint density at radius 3 is 1.31 bits per heavy atom. The van der Waals surface area contributed by atoms with Crippen LogP contribution in [0.5, 0.6) is 0 Å². The van der Waals surface area contributed by atoms with E-state index < -0.39 is 0 Å². The minimum atomic E-state index is -0.109. The van der Waals surface area contributed by atoms with Crippen molar-refractivity contribution in [3.8, 4) is 23.5 Å². The van der Waals surface area contributed by atoms with Crippen LogP contribution in [0.3, 0.4) is 0 Å². The van der Waals surface area contributed by atoms with Crippen LogP contribution in [0.2, 0.25) is 0 Å². The molecule has 0 amide bonds. The Labute approximate surface area is 199 Å². The summed E-state index contributed by atoms with van der Waals surface area (Å²) in [6.45, 7) is 13.3. The van der Waals surface area contributed by atoms with E-state index in [1.165, 1.54) is 11.1 Å². The van der Waals surface area contributed by atoms with Gasteiger partial charge in [0, 0.05) is 12.4 Å². The summed E-state index contributed by atoms with van der Waals surface area (Å²) in [5.74, 6) is 0. The molecule has 0 bridgehead atoms. The average Bonchev–Trinajstić information content (AvgIpc) is 2.66. The molecule has 4 nitrogen and oxygen atoms in total. The normalized spacial score (nSPS) is 11.6. The topological polar surface area (TPSA) is 73.4 Å². The number of nitriles is 2. The van der Waals surface area contributed by atoms with Crippen molar-refractivity contribution in [3.63, 3.8) is 0 Å². The number of pyridine rings is 2. The third kappa shape index (κ3) is 8.58. The molecule has 0 saturated heterocycles. The molecule has 0 aliphatic heterocycles. The van der Waals surface area contributed by atoms with Crippen molar-refractivity contribution in [1.29, 1.82) is 10.5 Å². The second-order valence-electron chi connectivity index (χ2n) is 8.24. The van der Waals surface area contributed by atoms with Gasteiger partial charge in [-0.3, -0.25) is 9.97 Å². The molecule has 2 aromatic rings. The van der Waals surface area contributed by atoms with Crippen LogP contribution in [0.4, 0.5) is 0 Å². The van der Waals surface area contributed by atoms with Crippen molar-refractivity contribution in [2.45, 2.75) is 52.4 Å². The van der Waals surface area contributed by atoms with Gasteiger partial charge in [0.15, 0.2) is 0 Å². The first-order chi connectivity index (χ1) is 12.9. The summed E-state index contributed by atoms with van der Waals surface area (Å²) in [5.41, 5.74) is 4.71. The Bertz CT molecular complexity index is 865. The minimum Gasteiger partial charge on any atom is -0.770 e. The van der Waals surface area contributed by atoms with Crippen molar-refractivity contribution in [1.82, 2.24) is 9.97 Å². The summed E-state index contributed by atoms with van der Waals surface area (Å²) in [5, 5.41) is 16.0. The largest absolute Gasteiger partial charge is 2.00 e. The summed E-state index contributed by atoms with van der Waals surface area (Å²) in [4.78, 5) is 8.75. The van der Waals surface area contributed by atoms with Gasteiger partial charge in [0.05, 0.1) is 23.5 Å². The molecule has 0 radical (unpaired) electrons. The molecule has 29 heavy (non-hydrogen) atoms. The van der Waals surface area contributed by atoms with Crippen molar-refractivity contribution in [2.24, 2.45) is 0 Å². The Morgan fingerprint density at radius 1 is 0.759 bits per heavy atom. The van der Waals surface area contributed by atoms with Gasteiger partial charge in [-0.1, -0.05) is 41.5 Å². The van der Waals surface area contributed by atoms with Crippen molar-refractivity contribution in [2.75, 3.05) is 0 Å². The van der Waals surface area contributed by atoms with Gasteiger partial charge in [-0.05, 0) is 46.2 Å². The smallest absolute Gasteiger partial charge is 0.770 e. The van der Waals surface area contributed by atoms with Crippen LogP contribution in [0, 0.1) is 22.7 Å². The molecule has 0 atom stereocenters. The van der Waals surface area contributed by atoms with Gasteiger partial charge in [-0.25, -0.2) is 0 Å². The molecule has 0 saturated carbocycles. The van der Waals surface area contributed by atoms with E-state index >= 15 is 0 Å². The van der Waals surface area contributed by atoms with E-state index in [4.69, 9.17) is 10.5 Å². The van der Waals surface area contributed by atoms with Gasteiger partial charge in [-0.2, -0.15) is 10.5 Å². The number of aromatic nitrogens is 2. The zero-order valence-corrected chi connectivity index (χ0v) is 21.3. The monoisotopic (exact) mass is 603 g/mol. The average molecular weight is 604 g/mol. The van der Waals surface area contributed by atoms with E-state index in [9.17, 15) is 0 Å². The number of allylic oxidation sites excluding steroid dienone is 2. The molecule has 0 aromatic carbocycles. The maximum Gasteiger partial charge on any atom is 2.00 e. The molecule has 0 aliphatic rings. The van der Waals surface area contributed by atoms with Gasteiger partial charge >= 0.3 is 21.1 Å². The van der Waals surface area contributed by atoms with Gasteiger partial charge in [-0.15, -0.1) is 9.81 Å². The van der Waals surface area contributed by atoms with Crippen molar-refractivity contribution < 1.29 is 21.1 Å². The molecule has 0 aliphatic carbocycles. The third-order valence-corrected chi connectivity index (χ3v) is 4.64. The molecule has 0 fully saturated rings. The summed E-state index contributed by atoms with van der Waals surface area (Å²) in [7, 11) is 0. The summed E-state index contributed by atoms with van der Waals surface area (Å²) >= 11 is 8.70. The van der Waals surface area contributed by atoms with Gasteiger partial charge in [0.25, 0.3) is 0 Å². The standard InChI is InChI=1S/C18H24N2.C4H2N2S2.Pt/c1-17(2,3)13-7-9-19-15(11-13)16-12-14(8-10-20-16)18(4,5)6;5-1-3(7)4(8)2-6;/h7-12H,1-6H3;7-8H;/q;;+2/p-2/b;4-3-;. The fourth-order valence-corrected chi connectivity index (χ4v) is 2.27. The number of rotatable bonds is 1. The first-order valence-electron chi connectivity index (χ1n) is 8.72. The molecule has 2 heterocycles. The maximum atomic E-state index is 8.01. The predicted molar refractivity (Wildman–Crippen MR) is 118 cm³/mol. The molecular weight excluding hydrogens is 579 g/mol. The molecule has 7 heteroatoms. The molecular formula is C22H24N4PtS2. The fraction of sp³-hybridized carbons (Fsp3) is 0.364. The second-order valence-corrected chi connectivity index (χ2v) is 9.06. The van der Waals surface area contributed by atoms with Crippen molar-refractivity contribution >= 4 is 25.3 Å². The third-order valence-electron chi connectivity index (χ3n) is 3.92. The van der Waals surface area contributed by atoms with Crippen LogP contribution in [0.25, 0.3) is 11.4 Å². The van der Waals surface area contributed by atoms with Gasteiger partial charge in [0.2, 0.25) is 0 Å². The summed E-state index contributed by atoms with van der Waals surface area (Å²) < 4.78 is 0. The van der Waals surface area contributed by atoms with Gasteiger partial charge < -0.3 is 25.3 Å². The minimum absolute atomic E-state index is 0. The van der Waals surface area contributed by atoms with Crippen molar-refractivity contribution in [3.05, 3.63) is 57.6 Å². The van der Waals surface area contributed by atoms with Crippen LogP contribution < -0.4 is 0 Å². The Balaban J connectivity index is 0.000000747. The number of hydrogen-bond acceptors (Lipinski definition) is 6. The van der Waals surface area contributed by atoms with E-state index in [0.29, 0.717) is 0 Å². The van der Waals surface area contributed by atoms with E-state index in [1.807, 2.05) is 12.4 Å². The van der Waals surface area contributed by atoms with E-state index in [1.54, 1.807) is 12.1 Å². The zero-order valence-electron chi connectivity index (χ0n) is 17.4. The first-order valence-corrected chi connectivity index (χ1v) is 9.53. The van der Waals surface area contributed by atoms with Crippen LogP contribution in [-0.2, 0) is 57.2 Å². The zero-order chi connectivity index (χ0) is 21.5. The molecule has 0 unspecified atom stereocenters.